The molecule has 2 nitrogen and oxygen atoms in total. The molecule has 62 valence electrons. The lowest BCUT2D eigenvalue weighted by Crippen LogP contribution is -2.13. The summed E-state index contributed by atoms with van der Waals surface area (Å²) in [5.74, 6) is 0.252. The minimum absolute atomic E-state index is 0.189. The maximum atomic E-state index is 13.0. The van der Waals surface area contributed by atoms with Crippen LogP contribution in [-0.4, -0.2) is 9.97 Å². The van der Waals surface area contributed by atoms with Crippen molar-refractivity contribution >= 4 is 0 Å². The number of aryl methyl sites for hydroxylation is 1. The van der Waals surface area contributed by atoms with Gasteiger partial charge in [0.2, 0.25) is 5.95 Å². The van der Waals surface area contributed by atoms with Crippen LogP contribution in [0.2, 0.25) is 0 Å². The van der Waals surface area contributed by atoms with Gasteiger partial charge in [-0.05, 0) is 6.92 Å². The number of rotatable bonds is 0. The molecule has 0 bridgehead atoms. The monoisotopic (exact) mass is 156 g/mol. The highest BCUT2D eigenvalue weighted by Crippen LogP contribution is 2.22. The highest BCUT2D eigenvalue weighted by Gasteiger charge is 2.21. The fourth-order valence-electron chi connectivity index (χ4n) is 0.961. The number of hydrogen-bond acceptors (Lipinski definition) is 1. The summed E-state index contributed by atoms with van der Waals surface area (Å²) in [7, 11) is 0. The first kappa shape index (κ1) is 8.24. The zero-order valence-corrected chi connectivity index (χ0v) is 7.33. The minimum Gasteiger partial charge on any atom is -0.343 e. The summed E-state index contributed by atoms with van der Waals surface area (Å²) in [4.78, 5) is 6.55. The second-order valence-electron chi connectivity index (χ2n) is 3.74. The third-order valence-electron chi connectivity index (χ3n) is 1.53. The molecule has 3 heteroatoms. The molecule has 0 saturated heterocycles. The van der Waals surface area contributed by atoms with Crippen molar-refractivity contribution in [2.75, 3.05) is 0 Å². The Morgan fingerprint density at radius 3 is 2.09 bits per heavy atom. The highest BCUT2D eigenvalue weighted by atomic mass is 19.1. The van der Waals surface area contributed by atoms with E-state index in [9.17, 15) is 4.39 Å². The molecule has 1 rings (SSSR count). The van der Waals surface area contributed by atoms with Gasteiger partial charge < -0.3 is 4.98 Å². The lowest BCUT2D eigenvalue weighted by Gasteiger charge is -2.15. The van der Waals surface area contributed by atoms with Gasteiger partial charge in [0.25, 0.3) is 0 Å². The summed E-state index contributed by atoms with van der Waals surface area (Å²) in [5, 5.41) is 0. The van der Waals surface area contributed by atoms with Crippen molar-refractivity contribution in [1.29, 1.82) is 0 Å². The molecule has 1 heterocycles. The zero-order valence-electron chi connectivity index (χ0n) is 7.33. The van der Waals surface area contributed by atoms with E-state index >= 15 is 0 Å². The molecule has 1 N–H and O–H groups in total. The Balaban J connectivity index is 3.13. The van der Waals surface area contributed by atoms with Gasteiger partial charge in [-0.25, -0.2) is 4.98 Å². The zero-order chi connectivity index (χ0) is 8.65. The Bertz CT molecular complexity index is 258. The molecular weight excluding hydrogens is 143 g/mol. The Labute approximate surface area is 65.9 Å². The molecule has 0 spiro atoms. The first-order valence-corrected chi connectivity index (χ1v) is 3.64. The Kier molecular flexibility index (Phi) is 1.74. The quantitative estimate of drug-likeness (QED) is 0.612. The van der Waals surface area contributed by atoms with E-state index < -0.39 is 0 Å². The van der Waals surface area contributed by atoms with Crippen LogP contribution in [0.1, 0.15) is 32.3 Å². The van der Waals surface area contributed by atoms with Crippen LogP contribution in [-0.2, 0) is 5.41 Å². The SMILES string of the molecule is Cc1nc(F)c(C(C)(C)C)[nH]1. The van der Waals surface area contributed by atoms with E-state index in [-0.39, 0.29) is 11.4 Å². The number of nitrogens with zero attached hydrogens (tertiary/aromatic N) is 1. The molecule has 0 atom stereocenters. The third-order valence-corrected chi connectivity index (χ3v) is 1.53. The van der Waals surface area contributed by atoms with Crippen LogP contribution in [0.15, 0.2) is 0 Å². The predicted octanol–water partition coefficient (Wildman–Crippen LogP) is 2.15. The van der Waals surface area contributed by atoms with Gasteiger partial charge in [-0.3, -0.25) is 0 Å². The summed E-state index contributed by atoms with van der Waals surface area (Å²) >= 11 is 0. The van der Waals surface area contributed by atoms with Crippen molar-refractivity contribution in [2.45, 2.75) is 33.1 Å². The molecule has 0 fully saturated rings. The second-order valence-corrected chi connectivity index (χ2v) is 3.74. The van der Waals surface area contributed by atoms with Gasteiger partial charge in [-0.15, -0.1) is 0 Å². The predicted molar refractivity (Wildman–Crippen MR) is 42.0 cm³/mol. The van der Waals surface area contributed by atoms with Gasteiger partial charge in [0, 0.05) is 5.41 Å². The molecule has 11 heavy (non-hydrogen) atoms. The van der Waals surface area contributed by atoms with Crippen molar-refractivity contribution in [3.05, 3.63) is 17.5 Å². The lowest BCUT2D eigenvalue weighted by atomic mass is 9.93. The van der Waals surface area contributed by atoms with E-state index in [2.05, 4.69) is 9.97 Å². The van der Waals surface area contributed by atoms with Crippen molar-refractivity contribution in [1.82, 2.24) is 9.97 Å². The van der Waals surface area contributed by atoms with Crippen LogP contribution in [0.5, 0.6) is 0 Å². The van der Waals surface area contributed by atoms with E-state index in [1.54, 1.807) is 6.92 Å². The van der Waals surface area contributed by atoms with Gasteiger partial charge in [0.05, 0.1) is 5.69 Å². The topological polar surface area (TPSA) is 28.7 Å². The molecule has 1 aromatic rings. The summed E-state index contributed by atoms with van der Waals surface area (Å²) in [5.41, 5.74) is 0.390. The second kappa shape index (κ2) is 2.32. The molecule has 0 aliphatic heterocycles. The number of hydrogen-bond donors (Lipinski definition) is 1. The van der Waals surface area contributed by atoms with Crippen molar-refractivity contribution < 1.29 is 4.39 Å². The molecule has 1 aromatic heterocycles. The fraction of sp³-hybridized carbons (Fsp3) is 0.625. The van der Waals surface area contributed by atoms with Gasteiger partial charge in [0.1, 0.15) is 5.82 Å². The van der Waals surface area contributed by atoms with Crippen molar-refractivity contribution in [3.8, 4) is 0 Å². The Hall–Kier alpha value is -0.860. The molecule has 0 aliphatic rings. The van der Waals surface area contributed by atoms with E-state index in [1.165, 1.54) is 0 Å². The van der Waals surface area contributed by atoms with E-state index in [4.69, 9.17) is 0 Å². The van der Waals surface area contributed by atoms with Crippen LogP contribution in [0.4, 0.5) is 4.39 Å². The maximum Gasteiger partial charge on any atom is 0.234 e. The van der Waals surface area contributed by atoms with Crippen molar-refractivity contribution in [3.63, 3.8) is 0 Å². The number of imidazole rings is 1. The lowest BCUT2D eigenvalue weighted by molar-refractivity contribution is 0.498. The first-order valence-electron chi connectivity index (χ1n) is 3.64. The van der Waals surface area contributed by atoms with Gasteiger partial charge in [0.15, 0.2) is 0 Å². The van der Waals surface area contributed by atoms with Gasteiger partial charge in [-0.1, -0.05) is 20.8 Å². The summed E-state index contributed by atoms with van der Waals surface area (Å²) in [6.07, 6.45) is 0. The Morgan fingerprint density at radius 2 is 1.91 bits per heavy atom. The average Bonchev–Trinajstić information content (AvgIpc) is 2.08. The molecule has 0 aliphatic carbocycles. The largest absolute Gasteiger partial charge is 0.343 e. The molecular formula is C8H13FN2. The molecule has 0 saturated carbocycles. The standard InChI is InChI=1S/C8H13FN2/c1-5-10-6(7(9)11-5)8(2,3)4/h1-4H3,(H,10,11). The van der Waals surface area contributed by atoms with Crippen LogP contribution < -0.4 is 0 Å². The molecule has 0 amide bonds. The highest BCUT2D eigenvalue weighted by molar-refractivity contribution is 5.12. The van der Waals surface area contributed by atoms with Gasteiger partial charge >= 0.3 is 0 Å². The third kappa shape index (κ3) is 1.59. The van der Waals surface area contributed by atoms with E-state index in [0.29, 0.717) is 11.5 Å². The number of H-pyrrole nitrogens is 1. The summed E-state index contributed by atoms with van der Waals surface area (Å²) < 4.78 is 13.0. The number of aromatic nitrogens is 2. The normalized spacial score (nSPS) is 12.1. The summed E-state index contributed by atoms with van der Waals surface area (Å²) in [6.45, 7) is 7.59. The first-order chi connectivity index (χ1) is 4.91. The van der Waals surface area contributed by atoms with Crippen LogP contribution in [0.3, 0.4) is 0 Å². The van der Waals surface area contributed by atoms with Crippen LogP contribution in [0.25, 0.3) is 0 Å². The van der Waals surface area contributed by atoms with Gasteiger partial charge in [-0.2, -0.15) is 4.39 Å². The number of nitrogens with one attached hydrogen (secondary N) is 1. The fourth-order valence-corrected chi connectivity index (χ4v) is 0.961. The smallest absolute Gasteiger partial charge is 0.234 e. The van der Waals surface area contributed by atoms with E-state index in [0.717, 1.165) is 0 Å². The van der Waals surface area contributed by atoms with Crippen LogP contribution in [0, 0.1) is 12.9 Å². The number of halogens is 1. The van der Waals surface area contributed by atoms with Crippen LogP contribution >= 0.6 is 0 Å². The summed E-state index contributed by atoms with van der Waals surface area (Å²) in [6, 6.07) is 0. The maximum absolute atomic E-state index is 13.0. The molecule has 0 radical (unpaired) electrons. The van der Waals surface area contributed by atoms with E-state index in [1.807, 2.05) is 20.8 Å². The average molecular weight is 156 g/mol. The molecule has 0 aromatic carbocycles. The minimum atomic E-state index is -0.380. The Morgan fingerprint density at radius 1 is 1.36 bits per heavy atom. The van der Waals surface area contributed by atoms with Crippen molar-refractivity contribution in [2.24, 2.45) is 0 Å². The molecule has 0 unspecified atom stereocenters. The number of aromatic amines is 1.